The number of rotatable bonds is 6. The van der Waals surface area contributed by atoms with Crippen LogP contribution in [0.5, 0.6) is 0 Å². The van der Waals surface area contributed by atoms with Crippen molar-refractivity contribution in [3.8, 4) is 11.4 Å². The largest absolute Gasteiger partial charge is 0.378 e. The van der Waals surface area contributed by atoms with Gasteiger partial charge < -0.3 is 25.2 Å². The van der Waals surface area contributed by atoms with E-state index in [0.29, 0.717) is 30.8 Å². The van der Waals surface area contributed by atoms with Crippen molar-refractivity contribution in [1.82, 2.24) is 20.2 Å². The number of hydrogen-bond donors (Lipinski definition) is 2. The Labute approximate surface area is 193 Å². The molecule has 1 aromatic carbocycles. The molecule has 0 radical (unpaired) electrons. The minimum absolute atomic E-state index is 0.0845. The van der Waals surface area contributed by atoms with Gasteiger partial charge in [0.15, 0.2) is 5.82 Å². The van der Waals surface area contributed by atoms with Gasteiger partial charge in [0.2, 0.25) is 5.91 Å². The number of nitrogens with zero attached hydrogens (tertiary/aromatic N) is 4. The van der Waals surface area contributed by atoms with Gasteiger partial charge in [-0.3, -0.25) is 4.79 Å². The first kappa shape index (κ1) is 21.6. The molecule has 174 valence electrons. The fourth-order valence-electron chi connectivity index (χ4n) is 4.18. The first-order valence-corrected chi connectivity index (χ1v) is 11.6. The number of anilines is 2. The Bertz CT molecular complexity index is 1040. The van der Waals surface area contributed by atoms with Crippen molar-refractivity contribution in [3.05, 3.63) is 36.0 Å². The Hall–Kier alpha value is -3.20. The number of amides is 3. The second-order valence-corrected chi connectivity index (χ2v) is 9.27. The van der Waals surface area contributed by atoms with Crippen LogP contribution in [0.1, 0.15) is 31.4 Å². The Morgan fingerprint density at radius 3 is 2.39 bits per heavy atom. The molecule has 0 spiro atoms. The van der Waals surface area contributed by atoms with Crippen LogP contribution in [0, 0.1) is 0 Å². The molecule has 2 aromatic rings. The SMILES string of the molecule is CN(C)C(=O)C1(c2cc(N3CCOCC3)nc(-c3ccc(NC(=O)NC4CC4)cc3)n2)CC1. The highest BCUT2D eigenvalue weighted by Gasteiger charge is 2.53. The van der Waals surface area contributed by atoms with E-state index in [1.54, 1.807) is 19.0 Å². The minimum atomic E-state index is -0.565. The number of carbonyl (C=O) groups excluding carboxylic acids is 2. The number of morpholine rings is 1. The van der Waals surface area contributed by atoms with Crippen LogP contribution < -0.4 is 15.5 Å². The van der Waals surface area contributed by atoms with Crippen molar-refractivity contribution in [2.75, 3.05) is 50.6 Å². The third-order valence-electron chi connectivity index (χ3n) is 6.42. The maximum Gasteiger partial charge on any atom is 0.319 e. The van der Waals surface area contributed by atoms with E-state index < -0.39 is 5.41 Å². The smallest absolute Gasteiger partial charge is 0.319 e. The van der Waals surface area contributed by atoms with Gasteiger partial charge in [-0.15, -0.1) is 0 Å². The normalized spacial score (nSPS) is 19.0. The average molecular weight is 451 g/mol. The summed E-state index contributed by atoms with van der Waals surface area (Å²) in [6, 6.07) is 9.61. The van der Waals surface area contributed by atoms with E-state index in [-0.39, 0.29) is 11.9 Å². The molecular formula is C24H30N6O3. The highest BCUT2D eigenvalue weighted by molar-refractivity contribution is 5.91. The van der Waals surface area contributed by atoms with Crippen LogP contribution >= 0.6 is 0 Å². The molecule has 2 N–H and O–H groups in total. The summed E-state index contributed by atoms with van der Waals surface area (Å²) < 4.78 is 5.50. The zero-order valence-electron chi connectivity index (χ0n) is 19.1. The number of aromatic nitrogens is 2. The maximum absolute atomic E-state index is 13.0. The van der Waals surface area contributed by atoms with E-state index in [0.717, 1.165) is 55.8 Å². The number of likely N-dealkylation sites (N-methyl/N-ethyl adjacent to an activating group) is 1. The molecule has 5 rings (SSSR count). The van der Waals surface area contributed by atoms with E-state index >= 15 is 0 Å². The van der Waals surface area contributed by atoms with Gasteiger partial charge in [-0.2, -0.15) is 0 Å². The van der Waals surface area contributed by atoms with Crippen LogP contribution in [0.3, 0.4) is 0 Å². The summed E-state index contributed by atoms with van der Waals surface area (Å²) in [5.74, 6) is 1.49. The monoisotopic (exact) mass is 450 g/mol. The fourth-order valence-corrected chi connectivity index (χ4v) is 4.18. The van der Waals surface area contributed by atoms with Crippen molar-refractivity contribution in [1.29, 1.82) is 0 Å². The molecule has 0 atom stereocenters. The van der Waals surface area contributed by atoms with Crippen LogP contribution in [0.15, 0.2) is 30.3 Å². The summed E-state index contributed by atoms with van der Waals surface area (Å²) in [6.45, 7) is 2.81. The molecule has 1 aliphatic heterocycles. The van der Waals surface area contributed by atoms with E-state index in [2.05, 4.69) is 15.5 Å². The minimum Gasteiger partial charge on any atom is -0.378 e. The Kier molecular flexibility index (Phi) is 5.65. The van der Waals surface area contributed by atoms with Crippen molar-refractivity contribution in [2.24, 2.45) is 0 Å². The first-order chi connectivity index (χ1) is 15.9. The number of hydrogen-bond acceptors (Lipinski definition) is 6. The van der Waals surface area contributed by atoms with Gasteiger partial charge in [0, 0.05) is 50.5 Å². The van der Waals surface area contributed by atoms with Crippen LogP contribution in [-0.2, 0) is 14.9 Å². The molecule has 2 heterocycles. The molecule has 1 saturated heterocycles. The van der Waals surface area contributed by atoms with Gasteiger partial charge in [0.1, 0.15) is 5.82 Å². The third-order valence-corrected chi connectivity index (χ3v) is 6.42. The quantitative estimate of drug-likeness (QED) is 0.701. The summed E-state index contributed by atoms with van der Waals surface area (Å²) in [5, 5.41) is 5.78. The Morgan fingerprint density at radius 1 is 1.09 bits per heavy atom. The summed E-state index contributed by atoms with van der Waals surface area (Å²) in [7, 11) is 3.58. The molecule has 0 unspecified atom stereocenters. The van der Waals surface area contributed by atoms with Crippen LogP contribution in [0.2, 0.25) is 0 Å². The molecule has 1 aromatic heterocycles. The van der Waals surface area contributed by atoms with Crippen LogP contribution in [-0.4, -0.2) is 73.2 Å². The van der Waals surface area contributed by atoms with Crippen molar-refractivity contribution < 1.29 is 14.3 Å². The molecule has 2 aliphatic carbocycles. The molecule has 33 heavy (non-hydrogen) atoms. The number of ether oxygens (including phenoxy) is 1. The average Bonchev–Trinajstić information content (AvgIpc) is 3.75. The lowest BCUT2D eigenvalue weighted by molar-refractivity contribution is -0.131. The predicted octanol–water partition coefficient (Wildman–Crippen LogP) is 2.38. The fraction of sp³-hybridized carbons (Fsp3) is 0.500. The number of carbonyl (C=O) groups is 2. The van der Waals surface area contributed by atoms with E-state index in [1.165, 1.54) is 0 Å². The summed E-state index contributed by atoms with van der Waals surface area (Å²) in [5.41, 5.74) is 1.76. The van der Waals surface area contributed by atoms with E-state index in [1.807, 2.05) is 30.3 Å². The predicted molar refractivity (Wildman–Crippen MR) is 125 cm³/mol. The number of urea groups is 1. The molecule has 9 nitrogen and oxygen atoms in total. The van der Waals surface area contributed by atoms with Gasteiger partial charge in [-0.05, 0) is 49.9 Å². The molecule has 3 fully saturated rings. The van der Waals surface area contributed by atoms with Gasteiger partial charge in [-0.1, -0.05) is 0 Å². The molecular weight excluding hydrogens is 420 g/mol. The zero-order chi connectivity index (χ0) is 23.0. The molecule has 3 aliphatic rings. The highest BCUT2D eigenvalue weighted by atomic mass is 16.5. The maximum atomic E-state index is 13.0. The topological polar surface area (TPSA) is 99.7 Å². The molecule has 9 heteroatoms. The van der Waals surface area contributed by atoms with Gasteiger partial charge in [0.05, 0.1) is 24.3 Å². The number of benzene rings is 1. The second kappa shape index (κ2) is 8.62. The van der Waals surface area contributed by atoms with Crippen molar-refractivity contribution in [2.45, 2.75) is 37.1 Å². The summed E-state index contributed by atoms with van der Waals surface area (Å²) in [6.07, 6.45) is 3.68. The second-order valence-electron chi connectivity index (χ2n) is 9.27. The lowest BCUT2D eigenvalue weighted by atomic mass is 9.99. The summed E-state index contributed by atoms with van der Waals surface area (Å²) in [4.78, 5) is 38.5. The number of nitrogens with one attached hydrogen (secondary N) is 2. The van der Waals surface area contributed by atoms with E-state index in [9.17, 15) is 9.59 Å². The molecule has 2 saturated carbocycles. The molecule has 3 amide bonds. The lowest BCUT2D eigenvalue weighted by Crippen LogP contribution is -2.38. The Morgan fingerprint density at radius 2 is 1.79 bits per heavy atom. The highest BCUT2D eigenvalue weighted by Crippen LogP contribution is 2.49. The van der Waals surface area contributed by atoms with Gasteiger partial charge >= 0.3 is 6.03 Å². The van der Waals surface area contributed by atoms with Crippen LogP contribution in [0.4, 0.5) is 16.3 Å². The van der Waals surface area contributed by atoms with E-state index in [4.69, 9.17) is 14.7 Å². The summed E-state index contributed by atoms with van der Waals surface area (Å²) >= 11 is 0. The first-order valence-electron chi connectivity index (χ1n) is 11.6. The van der Waals surface area contributed by atoms with Gasteiger partial charge in [-0.25, -0.2) is 14.8 Å². The lowest BCUT2D eigenvalue weighted by Gasteiger charge is -2.29. The molecule has 0 bridgehead atoms. The van der Waals surface area contributed by atoms with Gasteiger partial charge in [0.25, 0.3) is 0 Å². The van der Waals surface area contributed by atoms with Crippen molar-refractivity contribution in [3.63, 3.8) is 0 Å². The zero-order valence-corrected chi connectivity index (χ0v) is 19.1. The Balaban J connectivity index is 1.44. The van der Waals surface area contributed by atoms with Crippen LogP contribution in [0.25, 0.3) is 11.4 Å². The standard InChI is InChI=1S/C24H30N6O3/c1-29(2)22(31)24(9-10-24)19-15-20(30-11-13-33-14-12-30)28-21(27-19)16-3-5-17(6-4-16)25-23(32)26-18-7-8-18/h3-6,15,18H,7-14H2,1-2H3,(H2,25,26,32). The van der Waals surface area contributed by atoms with Crippen molar-refractivity contribution >= 4 is 23.4 Å². The third kappa shape index (κ3) is 4.64.